The lowest BCUT2D eigenvalue weighted by atomic mass is 9.95. The van der Waals surface area contributed by atoms with Gasteiger partial charge in [-0.2, -0.15) is 0 Å². The number of fused-ring (bicyclic) bond motifs is 9. The van der Waals surface area contributed by atoms with Crippen LogP contribution in [0.3, 0.4) is 0 Å². The van der Waals surface area contributed by atoms with E-state index in [1.54, 1.807) is 0 Å². The lowest BCUT2D eigenvalue weighted by molar-refractivity contribution is 0.671. The van der Waals surface area contributed by atoms with E-state index in [1.165, 1.54) is 54.5 Å². The van der Waals surface area contributed by atoms with Gasteiger partial charge in [-0.05, 0) is 77.9 Å². The van der Waals surface area contributed by atoms with Gasteiger partial charge in [-0.1, -0.05) is 176 Å². The quantitative estimate of drug-likeness (QED) is 0.170. The maximum atomic E-state index is 5.48. The van der Waals surface area contributed by atoms with Crippen LogP contribution >= 0.6 is 0 Å². The average molecular weight is 883 g/mol. The summed E-state index contributed by atoms with van der Waals surface area (Å²) in [5, 5.41) is 11.1. The first kappa shape index (κ1) is 39.0. The molecule has 6 nitrogen and oxygen atoms in total. The summed E-state index contributed by atoms with van der Waals surface area (Å²) in [7, 11) is 0. The molecule has 0 radical (unpaired) electrons. The summed E-state index contributed by atoms with van der Waals surface area (Å²) in [6.45, 7) is 0. The van der Waals surface area contributed by atoms with Gasteiger partial charge in [0, 0.05) is 60.4 Å². The fourth-order valence-electron chi connectivity index (χ4n) is 11.0. The van der Waals surface area contributed by atoms with Gasteiger partial charge in [-0.15, -0.1) is 0 Å². The fourth-order valence-corrected chi connectivity index (χ4v) is 11.0. The van der Waals surface area contributed by atoms with Crippen LogP contribution in [0.4, 0.5) is 0 Å². The van der Waals surface area contributed by atoms with Crippen LogP contribution < -0.4 is 5.32 Å². The predicted octanol–water partition coefficient (Wildman–Crippen LogP) is 15.1. The third-order valence-electron chi connectivity index (χ3n) is 13.9. The van der Waals surface area contributed by atoms with Crippen molar-refractivity contribution in [1.82, 2.24) is 19.0 Å². The molecule has 0 bridgehead atoms. The molecule has 14 rings (SSSR count). The van der Waals surface area contributed by atoms with Crippen molar-refractivity contribution in [2.45, 2.75) is 6.17 Å². The molecule has 1 N–H and O–H groups in total. The number of para-hydroxylation sites is 7. The molecule has 0 spiro atoms. The van der Waals surface area contributed by atoms with Crippen LogP contribution in [-0.4, -0.2) is 25.4 Å². The summed E-state index contributed by atoms with van der Waals surface area (Å²) in [6.07, 6.45) is -0.481. The molecule has 4 heterocycles. The van der Waals surface area contributed by atoms with Gasteiger partial charge >= 0.3 is 0 Å². The fraction of sp³-hybridized carbons (Fsp3) is 0.0159. The molecular weight excluding hydrogens is 841 g/mol. The van der Waals surface area contributed by atoms with Gasteiger partial charge in [0.25, 0.3) is 0 Å². The zero-order valence-electron chi connectivity index (χ0n) is 37.4. The summed E-state index contributed by atoms with van der Waals surface area (Å²) in [4.78, 5) is 10.9. The maximum absolute atomic E-state index is 5.48. The molecule has 0 fully saturated rings. The number of aliphatic imine (C=N–C) groups is 2. The van der Waals surface area contributed by atoms with Crippen molar-refractivity contribution in [3.8, 4) is 28.2 Å². The highest BCUT2D eigenvalue weighted by Crippen LogP contribution is 2.45. The number of nitrogens with one attached hydrogen (secondary N) is 1. The minimum Gasteiger partial charge on any atom is -0.344 e. The van der Waals surface area contributed by atoms with Crippen LogP contribution in [0, 0.1) is 0 Å². The summed E-state index contributed by atoms with van der Waals surface area (Å²) < 4.78 is 7.21. The number of hydrogen-bond acceptors (Lipinski definition) is 3. The van der Waals surface area contributed by atoms with Gasteiger partial charge in [0.2, 0.25) is 0 Å². The Balaban J connectivity index is 0.978. The monoisotopic (exact) mass is 882 g/mol. The van der Waals surface area contributed by atoms with Gasteiger partial charge in [0.15, 0.2) is 5.84 Å². The van der Waals surface area contributed by atoms with Crippen LogP contribution in [0.5, 0.6) is 0 Å². The Kier molecular flexibility index (Phi) is 8.86. The van der Waals surface area contributed by atoms with E-state index in [4.69, 9.17) is 9.98 Å². The first-order chi connectivity index (χ1) is 34.3. The third kappa shape index (κ3) is 6.05. The number of amidine groups is 2. The normalized spacial score (nSPS) is 13.9. The van der Waals surface area contributed by atoms with Crippen LogP contribution in [0.1, 0.15) is 22.9 Å². The molecule has 324 valence electrons. The van der Waals surface area contributed by atoms with E-state index < -0.39 is 6.17 Å². The van der Waals surface area contributed by atoms with Crippen LogP contribution in [0.2, 0.25) is 0 Å². The van der Waals surface area contributed by atoms with Crippen LogP contribution in [0.25, 0.3) is 93.6 Å². The smallest absolute Gasteiger partial charge is 0.159 e. The molecule has 0 saturated heterocycles. The van der Waals surface area contributed by atoms with E-state index in [2.05, 4.69) is 256 Å². The Labute approximate surface area is 398 Å². The molecule has 6 heteroatoms. The zero-order chi connectivity index (χ0) is 45.4. The highest BCUT2D eigenvalue weighted by Gasteiger charge is 2.28. The summed E-state index contributed by atoms with van der Waals surface area (Å²) in [5.74, 6) is 1.44. The van der Waals surface area contributed by atoms with E-state index in [0.717, 1.165) is 61.7 Å². The molecule has 10 aromatic carbocycles. The molecule has 0 amide bonds. The number of benzene rings is 10. The molecule has 1 aliphatic heterocycles. The molecule has 1 unspecified atom stereocenters. The highest BCUT2D eigenvalue weighted by atomic mass is 15.2. The Bertz CT molecular complexity index is 4210. The van der Waals surface area contributed by atoms with Gasteiger partial charge in [-0.25, -0.2) is 9.98 Å². The van der Waals surface area contributed by atoms with Crippen molar-refractivity contribution in [2.24, 2.45) is 9.98 Å². The third-order valence-corrected chi connectivity index (χ3v) is 13.9. The van der Waals surface area contributed by atoms with Crippen molar-refractivity contribution in [1.29, 1.82) is 0 Å². The molecule has 3 aromatic heterocycles. The summed E-state index contributed by atoms with van der Waals surface area (Å²) in [5.41, 5.74) is 15.5. The molecular formula is C63H42N6. The Hall–Kier alpha value is -9.26. The van der Waals surface area contributed by atoms with Crippen LogP contribution in [-0.2, 0) is 0 Å². The first-order valence-electron chi connectivity index (χ1n) is 23.5. The van der Waals surface area contributed by atoms with Gasteiger partial charge in [-0.3, -0.25) is 0 Å². The number of aromatic nitrogens is 3. The standard InChI is InChI=1S/C63H42N6/c1-4-21-41(22-5-1)61-64-62(66-63(65-61)51-34-18-33-47-44-27-10-14-35-52(44)68(60(47)51)43-25-8-3-9-26-43)50-30-13-17-38-55(50)69-54-37-16-12-29-49(54)59-46(32-20-40-57(59)69)45-31-19-39-56-58(45)48-28-11-15-36-53(48)67(56)42-23-6-2-7-24-42/h1-40,62H,(H,64,65,66). The number of hydrogen-bond donors (Lipinski definition) is 1. The predicted molar refractivity (Wildman–Crippen MR) is 287 cm³/mol. The van der Waals surface area contributed by atoms with E-state index >= 15 is 0 Å². The minimum absolute atomic E-state index is 0.481. The van der Waals surface area contributed by atoms with Crippen molar-refractivity contribution < 1.29 is 0 Å². The van der Waals surface area contributed by atoms with Gasteiger partial charge in [0.1, 0.15) is 12.0 Å². The number of rotatable bonds is 7. The second kappa shape index (κ2) is 15.7. The summed E-state index contributed by atoms with van der Waals surface area (Å²) in [6, 6.07) is 86.8. The van der Waals surface area contributed by atoms with Crippen LogP contribution in [0.15, 0.2) is 253 Å². The van der Waals surface area contributed by atoms with E-state index in [9.17, 15) is 0 Å². The van der Waals surface area contributed by atoms with Crippen molar-refractivity contribution in [3.63, 3.8) is 0 Å². The van der Waals surface area contributed by atoms with Gasteiger partial charge in [0.05, 0.1) is 38.8 Å². The molecule has 69 heavy (non-hydrogen) atoms. The Morgan fingerprint density at radius 1 is 0.348 bits per heavy atom. The van der Waals surface area contributed by atoms with Gasteiger partial charge < -0.3 is 19.0 Å². The van der Waals surface area contributed by atoms with Crippen molar-refractivity contribution in [2.75, 3.05) is 0 Å². The molecule has 0 saturated carbocycles. The molecule has 1 aliphatic rings. The second-order valence-corrected chi connectivity index (χ2v) is 17.7. The zero-order valence-corrected chi connectivity index (χ0v) is 37.4. The molecule has 13 aromatic rings. The average Bonchev–Trinajstić information content (AvgIpc) is 4.08. The first-order valence-corrected chi connectivity index (χ1v) is 23.5. The Morgan fingerprint density at radius 3 is 1.48 bits per heavy atom. The number of nitrogens with zero attached hydrogens (tertiary/aromatic N) is 5. The van der Waals surface area contributed by atoms with Crippen molar-refractivity contribution in [3.05, 3.63) is 259 Å². The van der Waals surface area contributed by atoms with E-state index in [1.807, 2.05) is 6.07 Å². The van der Waals surface area contributed by atoms with Crippen molar-refractivity contribution >= 4 is 77.1 Å². The van der Waals surface area contributed by atoms with E-state index in [-0.39, 0.29) is 0 Å². The van der Waals surface area contributed by atoms with E-state index in [0.29, 0.717) is 5.84 Å². The molecule has 0 aliphatic carbocycles. The lowest BCUT2D eigenvalue weighted by Crippen LogP contribution is -2.34. The minimum atomic E-state index is -0.481. The largest absolute Gasteiger partial charge is 0.344 e. The topological polar surface area (TPSA) is 51.5 Å². The highest BCUT2D eigenvalue weighted by molar-refractivity contribution is 6.23. The summed E-state index contributed by atoms with van der Waals surface area (Å²) >= 11 is 0. The second-order valence-electron chi connectivity index (χ2n) is 17.7. The molecule has 1 atom stereocenters. The Morgan fingerprint density at radius 2 is 0.812 bits per heavy atom. The lowest BCUT2D eigenvalue weighted by Gasteiger charge is -2.26. The SMILES string of the molecule is c1ccc(C2=NC(c3ccccc3-n3c4ccccc4c4c(-c5cccc6c5c5ccccc5n6-c5ccccc5)cccc43)NC(c3cccc4c5ccccc5n(-c5ccccc5)c34)=N2)cc1. The maximum Gasteiger partial charge on any atom is 0.159 e.